The topological polar surface area (TPSA) is 123 Å². The summed E-state index contributed by atoms with van der Waals surface area (Å²) in [7, 11) is 0. The van der Waals surface area contributed by atoms with Crippen LogP contribution in [0.4, 0.5) is 0 Å². The Kier molecular flexibility index (Phi) is 5.46. The largest absolute Gasteiger partial charge is 0.502 e. The summed E-state index contributed by atoms with van der Waals surface area (Å²) in [6.45, 7) is 1.35. The fourth-order valence-electron chi connectivity index (χ4n) is 2.90. The minimum Gasteiger partial charge on any atom is -0.502 e. The third-order valence-electron chi connectivity index (χ3n) is 4.05. The maximum atomic E-state index is 12.2. The summed E-state index contributed by atoms with van der Waals surface area (Å²) >= 11 is 0. The van der Waals surface area contributed by atoms with E-state index < -0.39 is 29.7 Å². The zero-order chi connectivity index (χ0) is 19.4. The van der Waals surface area contributed by atoms with Gasteiger partial charge in [0.25, 0.3) is 0 Å². The smallest absolute Gasteiger partial charge is 0.306 e. The van der Waals surface area contributed by atoms with E-state index in [0.717, 1.165) is 6.07 Å². The van der Waals surface area contributed by atoms with E-state index in [0.29, 0.717) is 16.6 Å². The van der Waals surface area contributed by atoms with Gasteiger partial charge in [-0.3, -0.25) is 19.6 Å². The van der Waals surface area contributed by atoms with Gasteiger partial charge in [0.05, 0.1) is 30.0 Å². The number of fused-ring (bicyclic) bond motifs is 1. The van der Waals surface area contributed by atoms with E-state index >= 15 is 0 Å². The minimum atomic E-state index is -0.844. The predicted octanol–water partition coefficient (Wildman–Crippen LogP) is 1.87. The highest BCUT2D eigenvalue weighted by Gasteiger charge is 2.28. The van der Waals surface area contributed by atoms with Crippen molar-refractivity contribution < 1.29 is 24.2 Å². The van der Waals surface area contributed by atoms with E-state index in [2.05, 4.69) is 9.97 Å². The van der Waals surface area contributed by atoms with Crippen LogP contribution in [-0.2, 0) is 16.1 Å². The third kappa shape index (κ3) is 3.80. The normalized spacial score (nSPS) is 12.1. The lowest BCUT2D eigenvalue weighted by Crippen LogP contribution is -2.15. The number of hydrogen-bond donors (Lipinski definition) is 2. The number of rotatable bonds is 6. The van der Waals surface area contributed by atoms with Crippen molar-refractivity contribution in [3.05, 3.63) is 64.0 Å². The van der Waals surface area contributed by atoms with Gasteiger partial charge >= 0.3 is 5.97 Å². The number of carbonyl (C=O) groups is 1. The molecule has 0 fully saturated rings. The molecule has 0 radical (unpaired) electrons. The van der Waals surface area contributed by atoms with Crippen molar-refractivity contribution in [2.45, 2.75) is 25.9 Å². The Labute approximate surface area is 154 Å². The number of para-hydroxylation sites is 1. The first kappa shape index (κ1) is 18.5. The van der Waals surface area contributed by atoms with Gasteiger partial charge in [0, 0.05) is 18.5 Å². The van der Waals surface area contributed by atoms with Gasteiger partial charge in [-0.25, -0.2) is 0 Å². The quantitative estimate of drug-likeness (QED) is 0.631. The summed E-state index contributed by atoms with van der Waals surface area (Å²) < 4.78 is 10.6. The predicted molar refractivity (Wildman–Crippen MR) is 95.2 cm³/mol. The average molecular weight is 370 g/mol. The monoisotopic (exact) mass is 370 g/mol. The van der Waals surface area contributed by atoms with Crippen molar-refractivity contribution in [2.24, 2.45) is 0 Å². The number of hydrogen-bond acceptors (Lipinski definition) is 8. The van der Waals surface area contributed by atoms with Gasteiger partial charge < -0.3 is 19.4 Å². The van der Waals surface area contributed by atoms with Crippen LogP contribution < -0.4 is 5.43 Å². The van der Waals surface area contributed by atoms with E-state index in [-0.39, 0.29) is 24.5 Å². The Morgan fingerprint density at radius 1 is 1.30 bits per heavy atom. The van der Waals surface area contributed by atoms with Gasteiger partial charge in [-0.1, -0.05) is 12.1 Å². The molecule has 0 bridgehead atoms. The van der Waals surface area contributed by atoms with Gasteiger partial charge in [-0.05, 0) is 18.6 Å². The molecule has 0 saturated heterocycles. The molecule has 1 aromatic carbocycles. The molecule has 27 heavy (non-hydrogen) atoms. The first-order chi connectivity index (χ1) is 13.0. The second-order valence-corrected chi connectivity index (χ2v) is 5.78. The molecule has 0 saturated carbocycles. The van der Waals surface area contributed by atoms with Gasteiger partial charge in [-0.15, -0.1) is 0 Å². The Balaban J connectivity index is 2.22. The van der Waals surface area contributed by atoms with Crippen LogP contribution in [0.2, 0.25) is 0 Å². The van der Waals surface area contributed by atoms with Crippen molar-refractivity contribution in [1.29, 1.82) is 0 Å². The molecule has 0 amide bonds. The number of esters is 1. The SMILES string of the molecule is CCOC(=O)C[C@@H](c1oc(CO)cc(=O)c1O)c1cccc2nccnc12. The lowest BCUT2D eigenvalue weighted by molar-refractivity contribution is -0.143. The zero-order valence-corrected chi connectivity index (χ0v) is 14.6. The molecule has 0 aliphatic rings. The number of nitrogens with zero attached hydrogens (tertiary/aromatic N) is 2. The zero-order valence-electron chi connectivity index (χ0n) is 14.6. The third-order valence-corrected chi connectivity index (χ3v) is 4.05. The number of benzene rings is 1. The molecule has 140 valence electrons. The Morgan fingerprint density at radius 3 is 2.81 bits per heavy atom. The minimum absolute atomic E-state index is 0.0204. The molecule has 0 aliphatic heterocycles. The highest BCUT2D eigenvalue weighted by atomic mass is 16.5. The molecule has 2 aromatic heterocycles. The Hall–Kier alpha value is -3.26. The Morgan fingerprint density at radius 2 is 2.07 bits per heavy atom. The van der Waals surface area contributed by atoms with Crippen LogP contribution in [-0.4, -0.2) is 32.8 Å². The summed E-state index contributed by atoms with van der Waals surface area (Å²) in [5.41, 5.74) is 0.928. The van der Waals surface area contributed by atoms with Crippen molar-refractivity contribution in [1.82, 2.24) is 9.97 Å². The van der Waals surface area contributed by atoms with Crippen LogP contribution in [0.25, 0.3) is 11.0 Å². The first-order valence-corrected chi connectivity index (χ1v) is 8.37. The van der Waals surface area contributed by atoms with Crippen molar-refractivity contribution >= 4 is 17.0 Å². The van der Waals surface area contributed by atoms with Crippen LogP contribution in [0.1, 0.15) is 36.3 Å². The number of aliphatic hydroxyl groups excluding tert-OH is 1. The molecular formula is C19H18N2O6. The maximum absolute atomic E-state index is 12.2. The fourth-order valence-corrected chi connectivity index (χ4v) is 2.90. The Bertz CT molecular complexity index is 1020. The standard InChI is InChI=1S/C19H18N2O6/c1-2-26-16(24)9-13(19-18(25)15(23)8-11(10-22)27-19)12-4-3-5-14-17(12)21-7-6-20-14/h3-8,13,22,25H,2,9-10H2,1H3/t13-/m1/s1. The molecule has 3 aromatic rings. The van der Waals surface area contributed by atoms with E-state index in [1.165, 1.54) is 12.4 Å². The lowest BCUT2D eigenvalue weighted by atomic mass is 9.91. The second kappa shape index (κ2) is 7.96. The van der Waals surface area contributed by atoms with Crippen LogP contribution >= 0.6 is 0 Å². The summed E-state index contributed by atoms with van der Waals surface area (Å²) in [6.07, 6.45) is 2.86. The van der Waals surface area contributed by atoms with Crippen LogP contribution in [0.5, 0.6) is 5.75 Å². The summed E-state index contributed by atoms with van der Waals surface area (Å²) in [4.78, 5) is 32.8. The van der Waals surface area contributed by atoms with Gasteiger partial charge in [-0.2, -0.15) is 0 Å². The number of aromatic nitrogens is 2. The molecular weight excluding hydrogens is 352 g/mol. The van der Waals surface area contributed by atoms with Gasteiger partial charge in [0.1, 0.15) is 12.4 Å². The lowest BCUT2D eigenvalue weighted by Gasteiger charge is -2.18. The van der Waals surface area contributed by atoms with Gasteiger partial charge in [0.2, 0.25) is 11.2 Å². The summed E-state index contributed by atoms with van der Waals surface area (Å²) in [5.74, 6) is -2.14. The number of ether oxygens (including phenoxy) is 1. The van der Waals surface area contributed by atoms with Crippen molar-refractivity contribution in [3.63, 3.8) is 0 Å². The number of aromatic hydroxyl groups is 1. The average Bonchev–Trinajstić information content (AvgIpc) is 2.68. The first-order valence-electron chi connectivity index (χ1n) is 8.37. The van der Waals surface area contributed by atoms with E-state index in [9.17, 15) is 19.8 Å². The molecule has 0 unspecified atom stereocenters. The molecule has 0 spiro atoms. The van der Waals surface area contributed by atoms with E-state index in [1.807, 2.05) is 0 Å². The van der Waals surface area contributed by atoms with Crippen LogP contribution in [0.3, 0.4) is 0 Å². The number of carbonyl (C=O) groups excluding carboxylic acids is 1. The fraction of sp³-hybridized carbons (Fsp3) is 0.263. The summed E-state index contributed by atoms with van der Waals surface area (Å²) in [5, 5.41) is 19.6. The molecule has 8 nitrogen and oxygen atoms in total. The number of aliphatic hydroxyl groups is 1. The molecule has 2 heterocycles. The highest BCUT2D eigenvalue weighted by molar-refractivity contribution is 5.80. The maximum Gasteiger partial charge on any atom is 0.306 e. The molecule has 8 heteroatoms. The summed E-state index contributed by atoms with van der Waals surface area (Å²) in [6, 6.07) is 6.21. The highest BCUT2D eigenvalue weighted by Crippen LogP contribution is 2.36. The van der Waals surface area contributed by atoms with Crippen LogP contribution in [0, 0.1) is 0 Å². The molecule has 1 atom stereocenters. The van der Waals surface area contributed by atoms with E-state index in [4.69, 9.17) is 9.15 Å². The molecule has 2 N–H and O–H groups in total. The second-order valence-electron chi connectivity index (χ2n) is 5.78. The van der Waals surface area contributed by atoms with Crippen LogP contribution in [0.15, 0.2) is 45.9 Å². The van der Waals surface area contributed by atoms with Crippen molar-refractivity contribution in [2.75, 3.05) is 6.61 Å². The molecule has 0 aliphatic carbocycles. The van der Waals surface area contributed by atoms with Gasteiger partial charge in [0.15, 0.2) is 5.76 Å². The molecule has 3 rings (SSSR count). The van der Waals surface area contributed by atoms with Crippen molar-refractivity contribution in [3.8, 4) is 5.75 Å². The van der Waals surface area contributed by atoms with E-state index in [1.54, 1.807) is 25.1 Å².